The number of benzene rings is 1. The van der Waals surface area contributed by atoms with Crippen molar-refractivity contribution in [2.45, 2.75) is 33.2 Å². The van der Waals surface area contributed by atoms with Gasteiger partial charge in [0, 0.05) is 29.6 Å². The van der Waals surface area contributed by atoms with Crippen molar-refractivity contribution in [1.82, 2.24) is 4.57 Å². The summed E-state index contributed by atoms with van der Waals surface area (Å²) in [5.74, 6) is -3.15. The van der Waals surface area contributed by atoms with Crippen LogP contribution in [0.25, 0.3) is 21.9 Å². The summed E-state index contributed by atoms with van der Waals surface area (Å²) in [6.07, 6.45) is 0.993. The fraction of sp³-hybridized carbons (Fsp3) is 0.263. The van der Waals surface area contributed by atoms with Crippen molar-refractivity contribution in [2.24, 2.45) is 0 Å². The molecule has 0 aliphatic heterocycles. The topological polar surface area (TPSA) is 127 Å². The van der Waals surface area contributed by atoms with E-state index in [1.807, 2.05) is 6.92 Å². The van der Waals surface area contributed by atoms with E-state index in [2.05, 4.69) is 0 Å². The first-order chi connectivity index (χ1) is 12.8. The molecule has 9 heteroatoms. The molecule has 0 fully saturated rings. The quantitative estimate of drug-likeness (QED) is 0.485. The molecule has 0 saturated heterocycles. The van der Waals surface area contributed by atoms with Gasteiger partial charge in [-0.25, -0.2) is 9.59 Å². The zero-order chi connectivity index (χ0) is 19.9. The Kier molecular flexibility index (Phi) is 6.69. The van der Waals surface area contributed by atoms with Crippen LogP contribution in [0, 0.1) is 0 Å². The number of nitrogens with zero attached hydrogens (tertiary/aromatic N) is 1. The van der Waals surface area contributed by atoms with Gasteiger partial charge < -0.3 is 22.1 Å². The maximum Gasteiger partial charge on any atom is 2.00 e. The van der Waals surface area contributed by atoms with Gasteiger partial charge in [0.05, 0.1) is 10.9 Å². The minimum atomic E-state index is -1.39. The largest absolute Gasteiger partial charge is 2.00 e. The molecule has 0 aliphatic carbocycles. The van der Waals surface area contributed by atoms with Crippen molar-refractivity contribution in [2.75, 3.05) is 0 Å². The van der Waals surface area contributed by atoms with Crippen LogP contribution < -0.4 is 10.9 Å². The van der Waals surface area contributed by atoms with E-state index >= 15 is 0 Å². The zero-order valence-corrected chi connectivity index (χ0v) is 17.7. The van der Waals surface area contributed by atoms with E-state index in [9.17, 15) is 29.4 Å². The number of aromatic carboxylic acids is 2. The van der Waals surface area contributed by atoms with Crippen molar-refractivity contribution in [3.63, 3.8) is 0 Å². The Bertz CT molecular complexity index is 1230. The van der Waals surface area contributed by atoms with Crippen molar-refractivity contribution < 1.29 is 27.1 Å². The fourth-order valence-corrected chi connectivity index (χ4v) is 3.34. The summed E-state index contributed by atoms with van der Waals surface area (Å²) in [7, 11) is 0. The molecular weight excluding hydrogens is 394 g/mol. The van der Waals surface area contributed by atoms with Gasteiger partial charge in [-0.2, -0.15) is 0 Å². The second-order valence-electron chi connectivity index (χ2n) is 6.10. The molecule has 3 aromatic rings. The van der Waals surface area contributed by atoms with Crippen LogP contribution in [-0.2, 0) is 13.0 Å². The third-order valence-corrected chi connectivity index (χ3v) is 4.43. The minimum absolute atomic E-state index is 0. The molecule has 2 aromatic heterocycles. The third-order valence-electron chi connectivity index (χ3n) is 4.43. The summed E-state index contributed by atoms with van der Waals surface area (Å²) in [5.41, 5.74) is -0.401. The van der Waals surface area contributed by atoms with Crippen molar-refractivity contribution in [3.05, 3.63) is 55.7 Å². The van der Waals surface area contributed by atoms with Crippen molar-refractivity contribution >= 4 is 71.5 Å². The van der Waals surface area contributed by atoms with Gasteiger partial charge in [0.2, 0.25) is 5.76 Å². The maximum absolute atomic E-state index is 12.6. The Hall–Kier alpha value is -2.16. The van der Waals surface area contributed by atoms with Gasteiger partial charge in [-0.3, -0.25) is 9.59 Å². The van der Waals surface area contributed by atoms with E-state index in [-0.39, 0.29) is 69.2 Å². The predicted molar refractivity (Wildman–Crippen MR) is 106 cm³/mol. The van der Waals surface area contributed by atoms with E-state index < -0.39 is 28.6 Å². The van der Waals surface area contributed by atoms with E-state index in [0.29, 0.717) is 23.9 Å². The molecule has 0 atom stereocenters. The van der Waals surface area contributed by atoms with Crippen LogP contribution in [0.15, 0.2) is 32.2 Å². The number of carboxylic acid groups (broad SMARTS) is 2. The molecule has 28 heavy (non-hydrogen) atoms. The molecule has 2 heterocycles. The first-order valence-electron chi connectivity index (χ1n) is 8.44. The van der Waals surface area contributed by atoms with Crippen LogP contribution in [0.3, 0.4) is 0 Å². The summed E-state index contributed by atoms with van der Waals surface area (Å²) < 4.78 is 6.94. The monoisotopic (exact) mass is 413 g/mol. The first-order valence-corrected chi connectivity index (χ1v) is 8.44. The van der Waals surface area contributed by atoms with Crippen LogP contribution in [-0.4, -0.2) is 64.5 Å². The van der Waals surface area contributed by atoms with Gasteiger partial charge in [-0.15, -0.1) is 0 Å². The van der Waals surface area contributed by atoms with Crippen LogP contribution in [0.5, 0.6) is 0 Å². The summed E-state index contributed by atoms with van der Waals surface area (Å²) in [5, 5.41) is 19.0. The zero-order valence-electron chi connectivity index (χ0n) is 17.4. The van der Waals surface area contributed by atoms with Gasteiger partial charge in [-0.1, -0.05) is 13.3 Å². The molecule has 0 saturated carbocycles. The number of fused-ring (bicyclic) bond motifs is 2. The predicted octanol–water partition coefficient (Wildman–Crippen LogP) is 2.32. The Balaban J connectivity index is 0.00000280. The molecule has 0 aliphatic rings. The summed E-state index contributed by atoms with van der Waals surface area (Å²) >= 11 is 0. The van der Waals surface area contributed by atoms with Gasteiger partial charge in [-0.05, 0) is 19.4 Å². The normalized spacial score (nSPS) is 10.8. The average molecular weight is 413 g/mol. The van der Waals surface area contributed by atoms with E-state index in [0.717, 1.165) is 12.1 Å². The van der Waals surface area contributed by atoms with Gasteiger partial charge in [0.15, 0.2) is 10.9 Å². The van der Waals surface area contributed by atoms with Crippen molar-refractivity contribution in [3.8, 4) is 0 Å². The third kappa shape index (κ3) is 3.59. The smallest absolute Gasteiger partial charge is 1.00 e. The second kappa shape index (κ2) is 8.46. The van der Waals surface area contributed by atoms with Gasteiger partial charge in [0.1, 0.15) is 11.3 Å². The molecule has 3 rings (SSSR count). The molecule has 0 bridgehead atoms. The van der Waals surface area contributed by atoms with Crippen LogP contribution in [0.4, 0.5) is 0 Å². The van der Waals surface area contributed by atoms with E-state index in [1.54, 1.807) is 6.92 Å². The second-order valence-corrected chi connectivity index (χ2v) is 6.10. The summed E-state index contributed by atoms with van der Waals surface area (Å²) in [6, 6.07) is 3.25. The first kappa shape index (κ1) is 22.1. The van der Waals surface area contributed by atoms with Crippen LogP contribution in [0.1, 0.15) is 49.7 Å². The number of rotatable bonds is 5. The van der Waals surface area contributed by atoms with Gasteiger partial charge in [0.25, 0.3) is 0 Å². The number of hydrogen-bond donors (Lipinski definition) is 2. The molecule has 2 N–H and O–H groups in total. The number of aryl methyl sites for hydroxylation is 2. The van der Waals surface area contributed by atoms with E-state index in [4.69, 9.17) is 4.42 Å². The molecule has 144 valence electrons. The summed E-state index contributed by atoms with van der Waals surface area (Å²) in [6.45, 7) is 3.88. The Morgan fingerprint density at radius 1 is 1.04 bits per heavy atom. The Morgan fingerprint density at radius 2 is 1.68 bits per heavy atom. The molecule has 8 nitrogen and oxygen atoms in total. The van der Waals surface area contributed by atoms with Gasteiger partial charge >= 0.3 is 49.7 Å². The maximum atomic E-state index is 12.6. The number of pyridine rings is 1. The van der Waals surface area contributed by atoms with E-state index in [1.165, 1.54) is 10.6 Å². The average Bonchev–Trinajstić information content (AvgIpc) is 2.62. The fourth-order valence-electron chi connectivity index (χ4n) is 3.34. The van der Waals surface area contributed by atoms with Crippen molar-refractivity contribution in [1.29, 1.82) is 0 Å². The van der Waals surface area contributed by atoms with Crippen LogP contribution >= 0.6 is 0 Å². The SMILES string of the molecule is CCCc1c2oc(C(=O)O)cc(=O)c2cc2c(=O)cc(C(=O)O)n(CC)c12.[Ca+2].[H-].[H-]. The molecule has 0 radical (unpaired) electrons. The Labute approximate surface area is 191 Å². The number of carboxylic acids is 2. The molecule has 1 aromatic carbocycles. The van der Waals surface area contributed by atoms with Crippen LogP contribution in [0.2, 0.25) is 0 Å². The number of aromatic nitrogens is 1. The molecule has 0 unspecified atom stereocenters. The summed E-state index contributed by atoms with van der Waals surface area (Å²) in [4.78, 5) is 47.9. The number of hydrogen-bond acceptors (Lipinski definition) is 5. The number of carbonyl (C=O) groups is 2. The molecule has 0 amide bonds. The molecular formula is C19H19CaNO7. The Morgan fingerprint density at radius 3 is 2.21 bits per heavy atom. The minimum Gasteiger partial charge on any atom is -1.00 e. The standard InChI is InChI=1S/C19H17NO7.Ca.2H/c1-3-5-9-16-10(13(21)7-12(18(23)24)20(16)4-2)6-11-14(22)8-15(19(25)26)27-17(9)11;;;/h6-8H,3-5H2,1-2H3,(H,23,24)(H,25,26);;;/q;+2;2*-1. The molecule has 0 spiro atoms.